The zero-order chi connectivity index (χ0) is 21.9. The monoisotopic (exact) mass is 493 g/mol. The van der Waals surface area contributed by atoms with Gasteiger partial charge >= 0.3 is 0 Å². The van der Waals surface area contributed by atoms with E-state index in [-0.39, 0.29) is 23.9 Å². The predicted octanol–water partition coefficient (Wildman–Crippen LogP) is 3.43. The van der Waals surface area contributed by atoms with Gasteiger partial charge in [-0.2, -0.15) is 4.31 Å². The van der Waals surface area contributed by atoms with Gasteiger partial charge in [0.05, 0.1) is 11.4 Å². The largest absolute Gasteiger partial charge is 0.368 e. The number of nitrogens with zero attached hydrogens (tertiary/aromatic N) is 3. The molecule has 1 saturated heterocycles. The Balaban J connectivity index is 1.64. The van der Waals surface area contributed by atoms with Crippen molar-refractivity contribution in [2.24, 2.45) is 0 Å². The molecule has 0 radical (unpaired) electrons. The van der Waals surface area contributed by atoms with Crippen LogP contribution in [0.4, 0.5) is 5.69 Å². The number of hydrogen-bond acceptors (Lipinski definition) is 4. The van der Waals surface area contributed by atoms with E-state index in [0.717, 1.165) is 17.6 Å². The van der Waals surface area contributed by atoms with E-state index < -0.39 is 10.0 Å². The number of benzene rings is 2. The maximum absolute atomic E-state index is 12.9. The lowest BCUT2D eigenvalue weighted by atomic mass is 10.1. The second-order valence-corrected chi connectivity index (χ2v) is 10.3. The summed E-state index contributed by atoms with van der Waals surface area (Å²) >= 11 is 3.32. The molecule has 1 aliphatic heterocycles. The van der Waals surface area contributed by atoms with Gasteiger partial charge < -0.3 is 9.80 Å². The van der Waals surface area contributed by atoms with Crippen LogP contribution in [0.2, 0.25) is 0 Å². The van der Waals surface area contributed by atoms with Crippen molar-refractivity contribution in [3.05, 3.63) is 58.1 Å². The number of piperazine rings is 1. The number of carbonyl (C=O) groups is 1. The van der Waals surface area contributed by atoms with E-state index >= 15 is 0 Å². The van der Waals surface area contributed by atoms with E-state index in [1.807, 2.05) is 0 Å². The van der Waals surface area contributed by atoms with Crippen molar-refractivity contribution in [1.82, 2.24) is 9.21 Å². The van der Waals surface area contributed by atoms with Gasteiger partial charge in [-0.15, -0.1) is 0 Å². The summed E-state index contributed by atoms with van der Waals surface area (Å²) in [7, 11) is -3.71. The first-order chi connectivity index (χ1) is 14.2. The van der Waals surface area contributed by atoms with E-state index in [0.29, 0.717) is 13.1 Å². The lowest BCUT2D eigenvalue weighted by Crippen LogP contribution is -2.52. The van der Waals surface area contributed by atoms with Gasteiger partial charge in [0.2, 0.25) is 15.9 Å². The Morgan fingerprint density at radius 1 is 1.03 bits per heavy atom. The van der Waals surface area contributed by atoms with Crippen LogP contribution in [0.15, 0.2) is 51.8 Å². The van der Waals surface area contributed by atoms with E-state index in [4.69, 9.17) is 0 Å². The maximum Gasteiger partial charge on any atom is 0.243 e. The van der Waals surface area contributed by atoms with Crippen LogP contribution in [0.25, 0.3) is 0 Å². The molecule has 30 heavy (non-hydrogen) atoms. The molecule has 0 N–H and O–H groups in total. The second-order valence-electron chi connectivity index (χ2n) is 7.47. The average Bonchev–Trinajstić information content (AvgIpc) is 2.74. The summed E-state index contributed by atoms with van der Waals surface area (Å²) in [5, 5.41) is 0. The highest BCUT2D eigenvalue weighted by molar-refractivity contribution is 9.10. The van der Waals surface area contributed by atoms with Gasteiger partial charge in [0.1, 0.15) is 0 Å². The Morgan fingerprint density at radius 3 is 2.27 bits per heavy atom. The van der Waals surface area contributed by atoms with Gasteiger partial charge in [-0.1, -0.05) is 35.0 Å². The van der Waals surface area contributed by atoms with Crippen molar-refractivity contribution in [3.63, 3.8) is 0 Å². The molecule has 1 amide bonds. The summed E-state index contributed by atoms with van der Waals surface area (Å²) in [5.74, 6) is -0.154. The van der Waals surface area contributed by atoms with Crippen molar-refractivity contribution in [1.29, 1.82) is 0 Å². The third kappa shape index (κ3) is 4.87. The molecule has 1 heterocycles. The number of sulfonamides is 1. The number of rotatable bonds is 6. The van der Waals surface area contributed by atoms with E-state index in [9.17, 15) is 13.2 Å². The number of amides is 1. The summed E-state index contributed by atoms with van der Waals surface area (Å²) in [6.07, 6.45) is 0. The summed E-state index contributed by atoms with van der Waals surface area (Å²) in [6, 6.07) is 12.8. The SMILES string of the molecule is CCN(CC(=O)N1CCN(c2cccc(C)c2C)CC1)S(=O)(=O)c1ccc(Br)cc1. The first kappa shape index (κ1) is 22.8. The Morgan fingerprint density at radius 2 is 1.67 bits per heavy atom. The molecular weight excluding hydrogens is 466 g/mol. The van der Waals surface area contributed by atoms with Crippen LogP contribution in [-0.2, 0) is 14.8 Å². The Kier molecular flexibility index (Phi) is 7.21. The third-order valence-corrected chi connectivity index (χ3v) is 8.13. The Labute approximate surface area is 187 Å². The quantitative estimate of drug-likeness (QED) is 0.618. The Bertz CT molecular complexity index is 1000. The van der Waals surface area contributed by atoms with E-state index in [2.05, 4.69) is 52.9 Å². The third-order valence-electron chi connectivity index (χ3n) is 5.66. The van der Waals surface area contributed by atoms with Crippen LogP contribution in [0.5, 0.6) is 0 Å². The molecule has 0 saturated carbocycles. The van der Waals surface area contributed by atoms with Crippen molar-refractivity contribution in [2.45, 2.75) is 25.7 Å². The standard InChI is InChI=1S/C22H28BrN3O3S/c1-4-26(30(28,29)20-10-8-19(23)9-11-20)16-22(27)25-14-12-24(13-15-25)21-7-5-6-17(2)18(21)3/h5-11H,4,12-16H2,1-3H3. The zero-order valence-corrected chi connectivity index (χ0v) is 20.0. The Hall–Kier alpha value is -1.90. The zero-order valence-electron chi connectivity index (χ0n) is 17.6. The van der Waals surface area contributed by atoms with E-state index in [1.165, 1.54) is 21.1 Å². The number of halogens is 1. The molecule has 2 aromatic carbocycles. The number of anilines is 1. The summed E-state index contributed by atoms with van der Waals surface area (Å²) in [5.41, 5.74) is 3.72. The summed E-state index contributed by atoms with van der Waals surface area (Å²) in [4.78, 5) is 17.1. The minimum Gasteiger partial charge on any atom is -0.368 e. The van der Waals surface area contributed by atoms with Crippen LogP contribution >= 0.6 is 15.9 Å². The normalized spacial score (nSPS) is 15.0. The second kappa shape index (κ2) is 9.49. The molecule has 3 rings (SSSR count). The fourth-order valence-corrected chi connectivity index (χ4v) is 5.31. The first-order valence-electron chi connectivity index (χ1n) is 10.1. The molecule has 162 valence electrons. The lowest BCUT2D eigenvalue weighted by molar-refractivity contribution is -0.131. The summed E-state index contributed by atoms with van der Waals surface area (Å²) in [6.45, 7) is 8.72. The number of aryl methyl sites for hydroxylation is 1. The minimum absolute atomic E-state index is 0.141. The molecule has 0 atom stereocenters. The smallest absolute Gasteiger partial charge is 0.243 e. The highest BCUT2D eigenvalue weighted by Gasteiger charge is 2.29. The van der Waals surface area contributed by atoms with E-state index in [1.54, 1.807) is 36.1 Å². The molecule has 0 unspecified atom stereocenters. The van der Waals surface area contributed by atoms with Gasteiger partial charge in [-0.3, -0.25) is 4.79 Å². The van der Waals surface area contributed by atoms with Crippen molar-refractivity contribution in [2.75, 3.05) is 44.2 Å². The topological polar surface area (TPSA) is 60.9 Å². The van der Waals surface area contributed by atoms with Gasteiger partial charge in [0.25, 0.3) is 0 Å². The van der Waals surface area contributed by atoms with Crippen LogP contribution in [0, 0.1) is 13.8 Å². The van der Waals surface area contributed by atoms with Gasteiger partial charge in [-0.05, 0) is 55.3 Å². The number of hydrogen-bond donors (Lipinski definition) is 0. The molecular formula is C22H28BrN3O3S. The number of carbonyl (C=O) groups excluding carboxylic acids is 1. The molecule has 1 fully saturated rings. The van der Waals surface area contributed by atoms with Crippen molar-refractivity contribution in [3.8, 4) is 0 Å². The van der Waals surface area contributed by atoms with Crippen LogP contribution in [0.1, 0.15) is 18.1 Å². The fourth-order valence-electron chi connectivity index (χ4n) is 3.65. The van der Waals surface area contributed by atoms with Crippen molar-refractivity contribution < 1.29 is 13.2 Å². The fraction of sp³-hybridized carbons (Fsp3) is 0.409. The van der Waals surface area contributed by atoms with Crippen LogP contribution < -0.4 is 4.90 Å². The molecule has 8 heteroatoms. The maximum atomic E-state index is 12.9. The summed E-state index contributed by atoms with van der Waals surface area (Å²) < 4.78 is 27.9. The van der Waals surface area contributed by atoms with Crippen molar-refractivity contribution >= 4 is 37.5 Å². The highest BCUT2D eigenvalue weighted by atomic mass is 79.9. The molecule has 2 aromatic rings. The average molecular weight is 494 g/mol. The molecule has 0 bridgehead atoms. The molecule has 6 nitrogen and oxygen atoms in total. The first-order valence-corrected chi connectivity index (χ1v) is 12.3. The molecule has 0 aliphatic carbocycles. The molecule has 1 aliphatic rings. The molecule has 0 aromatic heterocycles. The van der Waals surface area contributed by atoms with Crippen LogP contribution in [0.3, 0.4) is 0 Å². The van der Waals surface area contributed by atoms with Gasteiger partial charge in [-0.25, -0.2) is 8.42 Å². The van der Waals surface area contributed by atoms with Gasteiger partial charge in [0.15, 0.2) is 0 Å². The highest BCUT2D eigenvalue weighted by Crippen LogP contribution is 2.24. The lowest BCUT2D eigenvalue weighted by Gasteiger charge is -2.37. The van der Waals surface area contributed by atoms with Gasteiger partial charge in [0, 0.05) is 42.9 Å². The van der Waals surface area contributed by atoms with Crippen LogP contribution in [-0.4, -0.2) is 62.8 Å². The predicted molar refractivity (Wildman–Crippen MR) is 123 cm³/mol. The molecule has 0 spiro atoms. The number of likely N-dealkylation sites (N-methyl/N-ethyl adjacent to an activating group) is 1. The minimum atomic E-state index is -3.71.